The summed E-state index contributed by atoms with van der Waals surface area (Å²) in [7, 11) is 0. The van der Waals surface area contributed by atoms with Gasteiger partial charge in [-0.05, 0) is 37.0 Å². The van der Waals surface area contributed by atoms with Gasteiger partial charge in [0, 0.05) is 17.3 Å². The second kappa shape index (κ2) is 4.45. The number of epoxide rings is 1. The van der Waals surface area contributed by atoms with Crippen LogP contribution in [0.4, 0.5) is 0 Å². The first-order chi connectivity index (χ1) is 12.6. The third-order valence-electron chi connectivity index (χ3n) is 9.58. The van der Waals surface area contributed by atoms with E-state index < -0.39 is 52.4 Å². The lowest BCUT2D eigenvalue weighted by Gasteiger charge is -2.74. The van der Waals surface area contributed by atoms with Gasteiger partial charge in [0.1, 0.15) is 11.5 Å². The van der Waals surface area contributed by atoms with E-state index in [0.29, 0.717) is 19.3 Å². The molecule has 3 heterocycles. The normalized spacial score (nSPS) is 65.2. The van der Waals surface area contributed by atoms with Crippen molar-refractivity contribution >= 4 is 5.78 Å². The molecule has 4 N–H and O–H groups in total. The van der Waals surface area contributed by atoms with Gasteiger partial charge in [0.15, 0.2) is 11.4 Å². The second-order valence-corrected chi connectivity index (χ2v) is 10.6. The molecule has 7 rings (SSSR count). The lowest BCUT2D eigenvalue weighted by molar-refractivity contribution is -0.458. The summed E-state index contributed by atoms with van der Waals surface area (Å²) < 4.78 is 11.4. The van der Waals surface area contributed by atoms with Crippen LogP contribution in [0.25, 0.3) is 0 Å². The predicted molar refractivity (Wildman–Crippen MR) is 90.2 cm³/mol. The van der Waals surface area contributed by atoms with Gasteiger partial charge in [0.25, 0.3) is 0 Å². The highest BCUT2D eigenvalue weighted by Gasteiger charge is 2.91. The lowest BCUT2D eigenvalue weighted by atomic mass is 9.35. The van der Waals surface area contributed by atoms with Gasteiger partial charge in [0.05, 0.1) is 25.4 Å². The first kappa shape index (κ1) is 17.3. The van der Waals surface area contributed by atoms with Crippen LogP contribution in [-0.2, 0) is 14.3 Å². The molecular weight excluding hydrogens is 352 g/mol. The third-order valence-corrected chi connectivity index (χ3v) is 9.58. The Balaban J connectivity index is 1.64. The van der Waals surface area contributed by atoms with Crippen LogP contribution >= 0.6 is 0 Å². The van der Waals surface area contributed by atoms with Crippen LogP contribution in [0.5, 0.6) is 0 Å². The van der Waals surface area contributed by atoms with Crippen LogP contribution in [0.3, 0.4) is 0 Å². The average molecular weight is 380 g/mol. The number of ether oxygens (including phenoxy) is 2. The maximum atomic E-state index is 13.7. The van der Waals surface area contributed by atoms with Gasteiger partial charge in [-0.2, -0.15) is 0 Å². The molecule has 2 unspecified atom stereocenters. The van der Waals surface area contributed by atoms with E-state index in [1.165, 1.54) is 0 Å². The van der Waals surface area contributed by atoms with Crippen molar-refractivity contribution < 1.29 is 34.7 Å². The number of Topliss-reactive ketones (excluding diaryl/α,β-unsaturated/α-hetero) is 1. The van der Waals surface area contributed by atoms with E-state index >= 15 is 0 Å². The number of carbonyl (C=O) groups is 1. The smallest absolute Gasteiger partial charge is 0.208 e. The quantitative estimate of drug-likeness (QED) is 0.422. The molecule has 0 aromatic rings. The summed E-state index contributed by atoms with van der Waals surface area (Å²) in [6, 6.07) is 0. The minimum atomic E-state index is -2.15. The predicted octanol–water partition coefficient (Wildman–Crippen LogP) is -0.412. The molecule has 4 saturated carbocycles. The van der Waals surface area contributed by atoms with E-state index in [4.69, 9.17) is 9.47 Å². The fourth-order valence-corrected chi connectivity index (χ4v) is 8.53. The maximum Gasteiger partial charge on any atom is 0.208 e. The molecule has 4 bridgehead atoms. The Labute approximate surface area is 157 Å². The summed E-state index contributed by atoms with van der Waals surface area (Å²) in [6.07, 6.45) is -0.724. The highest BCUT2D eigenvalue weighted by molar-refractivity contribution is 6.00. The molecule has 7 nitrogen and oxygen atoms in total. The molecule has 7 aliphatic rings. The van der Waals surface area contributed by atoms with E-state index in [1.807, 2.05) is 0 Å². The Bertz CT molecular complexity index is 747. The van der Waals surface area contributed by atoms with Crippen molar-refractivity contribution in [3.8, 4) is 0 Å². The van der Waals surface area contributed by atoms with Gasteiger partial charge in [-0.1, -0.05) is 13.8 Å². The Kier molecular flexibility index (Phi) is 2.85. The van der Waals surface area contributed by atoms with E-state index in [2.05, 4.69) is 13.8 Å². The maximum absolute atomic E-state index is 13.7. The van der Waals surface area contributed by atoms with E-state index in [9.17, 15) is 25.2 Å². The van der Waals surface area contributed by atoms with Gasteiger partial charge in [-0.15, -0.1) is 0 Å². The van der Waals surface area contributed by atoms with Crippen LogP contribution in [-0.4, -0.2) is 69.1 Å². The molecule has 7 heteroatoms. The summed E-state index contributed by atoms with van der Waals surface area (Å²) in [5.41, 5.74) is -3.86. The molecule has 3 spiro atoms. The lowest BCUT2D eigenvalue weighted by Crippen LogP contribution is -2.85. The van der Waals surface area contributed by atoms with Crippen molar-refractivity contribution in [2.75, 3.05) is 13.2 Å². The Morgan fingerprint density at radius 2 is 1.70 bits per heavy atom. The van der Waals surface area contributed by atoms with Crippen LogP contribution in [0.15, 0.2) is 0 Å². The highest BCUT2D eigenvalue weighted by atomic mass is 16.6. The van der Waals surface area contributed by atoms with Gasteiger partial charge >= 0.3 is 0 Å². The molecule has 10 atom stereocenters. The number of aliphatic hydroxyl groups is 4. The van der Waals surface area contributed by atoms with Crippen molar-refractivity contribution in [1.29, 1.82) is 0 Å². The molecule has 4 aliphatic carbocycles. The van der Waals surface area contributed by atoms with Crippen LogP contribution < -0.4 is 0 Å². The number of rotatable bonds is 0. The van der Waals surface area contributed by atoms with Gasteiger partial charge in [-0.25, -0.2) is 0 Å². The number of fused-ring (bicyclic) bond motifs is 3. The SMILES string of the molecule is CC1(C)CC[C@H](O)[C@]23CO[C@@](O)([C@@H](O)C12)[C@]12C(=O)[C@@]4(CO4)[C@@H](CCC31)[C@H]2O. The first-order valence-corrected chi connectivity index (χ1v) is 10.2. The van der Waals surface area contributed by atoms with Crippen molar-refractivity contribution in [2.45, 2.75) is 69.2 Å². The number of hydrogen-bond donors (Lipinski definition) is 4. The fourth-order valence-electron chi connectivity index (χ4n) is 8.53. The second-order valence-electron chi connectivity index (χ2n) is 10.6. The molecule has 3 aliphatic heterocycles. The Morgan fingerprint density at radius 1 is 1.00 bits per heavy atom. The first-order valence-electron chi connectivity index (χ1n) is 10.2. The van der Waals surface area contributed by atoms with Crippen molar-refractivity contribution in [2.24, 2.45) is 34.0 Å². The Morgan fingerprint density at radius 3 is 2.37 bits per heavy atom. The third kappa shape index (κ3) is 1.41. The van der Waals surface area contributed by atoms with Crippen molar-refractivity contribution in [3.05, 3.63) is 0 Å². The molecule has 150 valence electrons. The van der Waals surface area contributed by atoms with Gasteiger partial charge in [-0.3, -0.25) is 4.79 Å². The zero-order valence-electron chi connectivity index (χ0n) is 15.7. The molecule has 0 amide bonds. The minimum absolute atomic E-state index is 0.0980. The number of ketones is 1. The number of hydrogen-bond acceptors (Lipinski definition) is 7. The van der Waals surface area contributed by atoms with Crippen molar-refractivity contribution in [3.63, 3.8) is 0 Å². The topological polar surface area (TPSA) is 120 Å². The average Bonchev–Trinajstić information content (AvgIpc) is 3.40. The molecule has 27 heavy (non-hydrogen) atoms. The Hall–Kier alpha value is -0.570. The van der Waals surface area contributed by atoms with E-state index in [1.54, 1.807) is 0 Å². The summed E-state index contributed by atoms with van der Waals surface area (Å²) in [6.45, 7) is 4.45. The van der Waals surface area contributed by atoms with Crippen molar-refractivity contribution in [1.82, 2.24) is 0 Å². The van der Waals surface area contributed by atoms with Crippen LogP contribution in [0.2, 0.25) is 0 Å². The molecular formula is C20H28O7. The molecule has 0 radical (unpaired) electrons. The highest BCUT2D eigenvalue weighted by Crippen LogP contribution is 2.78. The van der Waals surface area contributed by atoms with E-state index in [-0.39, 0.29) is 30.3 Å². The molecule has 3 saturated heterocycles. The van der Waals surface area contributed by atoms with Gasteiger partial charge in [0.2, 0.25) is 5.79 Å². The molecule has 7 fully saturated rings. The monoisotopic (exact) mass is 380 g/mol. The largest absolute Gasteiger partial charge is 0.392 e. The van der Waals surface area contributed by atoms with Crippen LogP contribution in [0, 0.1) is 34.0 Å². The molecule has 0 aromatic heterocycles. The van der Waals surface area contributed by atoms with E-state index in [0.717, 1.165) is 6.42 Å². The summed E-state index contributed by atoms with van der Waals surface area (Å²) in [5, 5.41) is 45.6. The minimum Gasteiger partial charge on any atom is -0.392 e. The summed E-state index contributed by atoms with van der Waals surface area (Å²) >= 11 is 0. The zero-order valence-corrected chi connectivity index (χ0v) is 15.7. The summed E-state index contributed by atoms with van der Waals surface area (Å²) in [5.74, 6) is -3.71. The standard InChI is InChI=1S/C20H28O7/c1-16(2)6-5-11(21)17-7-27-20(25,14(23)12(16)17)19-10(17)4-3-9(13(19)22)18(8-26-18)15(19)24/h9-14,21-23,25H,3-8H2,1-2H3/t9-,10?,11-,12?,13+,14-,17+,18+,19+,20-/m0/s1. The summed E-state index contributed by atoms with van der Waals surface area (Å²) in [4.78, 5) is 13.7. The number of carbonyl (C=O) groups excluding carboxylic acids is 1. The van der Waals surface area contributed by atoms with Crippen LogP contribution in [0.1, 0.15) is 39.5 Å². The number of aliphatic hydroxyl groups excluding tert-OH is 3. The van der Waals surface area contributed by atoms with Gasteiger partial charge < -0.3 is 29.9 Å². The fraction of sp³-hybridized carbons (Fsp3) is 0.950. The zero-order chi connectivity index (χ0) is 19.2. The molecule has 0 aromatic carbocycles.